The fraction of sp³-hybridized carbons (Fsp3) is 0.263. The summed E-state index contributed by atoms with van der Waals surface area (Å²) in [6, 6.07) is 12.7. The van der Waals surface area contributed by atoms with Crippen LogP contribution in [-0.2, 0) is 16.1 Å². The van der Waals surface area contributed by atoms with Gasteiger partial charge < -0.3 is 15.4 Å². The molecule has 132 valence electrons. The van der Waals surface area contributed by atoms with Gasteiger partial charge in [0, 0.05) is 17.8 Å². The minimum Gasteiger partial charge on any atom is -0.496 e. The molecule has 0 saturated carbocycles. The second kappa shape index (κ2) is 7.79. The Morgan fingerprint density at radius 3 is 2.32 bits per heavy atom. The van der Waals surface area contributed by atoms with Gasteiger partial charge in [-0.25, -0.2) is 4.39 Å². The number of amides is 2. The standard InChI is InChI=1S/C19H21FN2O3/c1-19(2,18(24)22-15-10-8-14(20)9-11-15)17(23)21-12-13-6-4-5-7-16(13)25-3/h4-11H,12H2,1-3H3,(H,21,23)(H,22,24). The van der Waals surface area contributed by atoms with Gasteiger partial charge in [0.15, 0.2) is 0 Å². The molecular formula is C19H21FN2O3. The van der Waals surface area contributed by atoms with Crippen LogP contribution in [0.4, 0.5) is 10.1 Å². The molecule has 2 aromatic rings. The van der Waals surface area contributed by atoms with Crippen LogP contribution < -0.4 is 15.4 Å². The molecular weight excluding hydrogens is 323 g/mol. The first-order valence-electron chi connectivity index (χ1n) is 7.82. The van der Waals surface area contributed by atoms with E-state index in [4.69, 9.17) is 4.74 Å². The smallest absolute Gasteiger partial charge is 0.239 e. The number of hydrogen-bond acceptors (Lipinski definition) is 3. The van der Waals surface area contributed by atoms with Gasteiger partial charge >= 0.3 is 0 Å². The number of carbonyl (C=O) groups excluding carboxylic acids is 2. The van der Waals surface area contributed by atoms with Crippen molar-refractivity contribution in [2.24, 2.45) is 5.41 Å². The molecule has 25 heavy (non-hydrogen) atoms. The zero-order chi connectivity index (χ0) is 18.4. The number of anilines is 1. The first kappa shape index (κ1) is 18.4. The molecule has 0 saturated heterocycles. The van der Waals surface area contributed by atoms with E-state index in [0.29, 0.717) is 11.4 Å². The Labute approximate surface area is 146 Å². The van der Waals surface area contributed by atoms with E-state index in [0.717, 1.165) is 5.56 Å². The van der Waals surface area contributed by atoms with Gasteiger partial charge in [0.1, 0.15) is 17.0 Å². The molecule has 0 aromatic heterocycles. The SMILES string of the molecule is COc1ccccc1CNC(=O)C(C)(C)C(=O)Nc1ccc(F)cc1. The number of nitrogens with one attached hydrogen (secondary N) is 2. The Morgan fingerprint density at radius 2 is 1.68 bits per heavy atom. The minimum absolute atomic E-state index is 0.246. The van der Waals surface area contributed by atoms with Crippen molar-refractivity contribution in [1.82, 2.24) is 5.32 Å². The third-order valence-electron chi connectivity index (χ3n) is 3.87. The van der Waals surface area contributed by atoms with Gasteiger partial charge in [-0.2, -0.15) is 0 Å². The van der Waals surface area contributed by atoms with Gasteiger partial charge in [0.2, 0.25) is 11.8 Å². The summed E-state index contributed by atoms with van der Waals surface area (Å²) in [6.07, 6.45) is 0. The number of halogens is 1. The van der Waals surface area contributed by atoms with Crippen LogP contribution in [0.3, 0.4) is 0 Å². The number of ether oxygens (including phenoxy) is 1. The Hall–Kier alpha value is -2.89. The lowest BCUT2D eigenvalue weighted by Crippen LogP contribution is -2.44. The van der Waals surface area contributed by atoms with Gasteiger partial charge in [0.05, 0.1) is 7.11 Å². The number of methoxy groups -OCH3 is 1. The molecule has 5 nitrogen and oxygen atoms in total. The molecule has 2 amide bonds. The van der Waals surface area contributed by atoms with Crippen molar-refractivity contribution in [3.63, 3.8) is 0 Å². The van der Waals surface area contributed by atoms with Crippen molar-refractivity contribution in [1.29, 1.82) is 0 Å². The van der Waals surface area contributed by atoms with Crippen LogP contribution in [0.25, 0.3) is 0 Å². The lowest BCUT2D eigenvalue weighted by molar-refractivity contribution is -0.138. The summed E-state index contributed by atoms with van der Waals surface area (Å²) in [5, 5.41) is 5.37. The van der Waals surface area contributed by atoms with Gasteiger partial charge in [-0.05, 0) is 44.2 Å². The van der Waals surface area contributed by atoms with Gasteiger partial charge in [-0.3, -0.25) is 9.59 Å². The van der Waals surface area contributed by atoms with Crippen molar-refractivity contribution < 1.29 is 18.7 Å². The average molecular weight is 344 g/mol. The second-order valence-electron chi connectivity index (χ2n) is 6.08. The number of carbonyl (C=O) groups is 2. The zero-order valence-corrected chi connectivity index (χ0v) is 14.4. The molecule has 0 unspecified atom stereocenters. The molecule has 0 radical (unpaired) electrons. The van der Waals surface area contributed by atoms with Gasteiger partial charge in [-0.15, -0.1) is 0 Å². The average Bonchev–Trinajstić information content (AvgIpc) is 2.61. The molecule has 0 aliphatic heterocycles. The molecule has 2 aromatic carbocycles. The predicted octanol–water partition coefficient (Wildman–Crippen LogP) is 3.12. The number of rotatable bonds is 6. The number of para-hydroxylation sites is 1. The summed E-state index contributed by atoms with van der Waals surface area (Å²) >= 11 is 0. The van der Waals surface area contributed by atoms with Crippen LogP contribution in [0.1, 0.15) is 19.4 Å². The van der Waals surface area contributed by atoms with E-state index in [-0.39, 0.29) is 6.54 Å². The van der Waals surface area contributed by atoms with E-state index in [1.54, 1.807) is 13.2 Å². The van der Waals surface area contributed by atoms with Gasteiger partial charge in [-0.1, -0.05) is 18.2 Å². The maximum atomic E-state index is 12.9. The molecule has 0 aliphatic rings. The number of hydrogen-bond donors (Lipinski definition) is 2. The van der Waals surface area contributed by atoms with E-state index < -0.39 is 23.0 Å². The van der Waals surface area contributed by atoms with Crippen LogP contribution in [0, 0.1) is 11.2 Å². The largest absolute Gasteiger partial charge is 0.496 e. The van der Waals surface area contributed by atoms with Crippen molar-refractivity contribution >= 4 is 17.5 Å². The molecule has 6 heteroatoms. The lowest BCUT2D eigenvalue weighted by atomic mass is 9.90. The summed E-state index contributed by atoms with van der Waals surface area (Å²) in [5.74, 6) is -0.627. The maximum absolute atomic E-state index is 12.9. The molecule has 0 aliphatic carbocycles. The Balaban J connectivity index is 2.01. The monoisotopic (exact) mass is 344 g/mol. The highest BCUT2D eigenvalue weighted by molar-refractivity contribution is 6.09. The fourth-order valence-corrected chi connectivity index (χ4v) is 2.17. The first-order valence-corrected chi connectivity index (χ1v) is 7.82. The van der Waals surface area contributed by atoms with Crippen molar-refractivity contribution in [2.45, 2.75) is 20.4 Å². The predicted molar refractivity (Wildman–Crippen MR) is 93.7 cm³/mol. The number of benzene rings is 2. The van der Waals surface area contributed by atoms with E-state index in [9.17, 15) is 14.0 Å². The molecule has 2 rings (SSSR count). The highest BCUT2D eigenvalue weighted by Crippen LogP contribution is 2.21. The van der Waals surface area contributed by atoms with E-state index in [1.807, 2.05) is 18.2 Å². The maximum Gasteiger partial charge on any atom is 0.239 e. The molecule has 0 bridgehead atoms. The van der Waals surface area contributed by atoms with E-state index >= 15 is 0 Å². The van der Waals surface area contributed by atoms with Crippen molar-refractivity contribution in [2.75, 3.05) is 12.4 Å². The molecule has 2 N–H and O–H groups in total. The summed E-state index contributed by atoms with van der Waals surface area (Å²) in [7, 11) is 1.56. The van der Waals surface area contributed by atoms with Crippen LogP contribution in [-0.4, -0.2) is 18.9 Å². The quantitative estimate of drug-likeness (QED) is 0.791. The Bertz CT molecular complexity index is 758. The zero-order valence-electron chi connectivity index (χ0n) is 14.4. The molecule has 0 heterocycles. The minimum atomic E-state index is -1.30. The van der Waals surface area contributed by atoms with Gasteiger partial charge in [0.25, 0.3) is 0 Å². The van der Waals surface area contributed by atoms with Crippen LogP contribution in [0.15, 0.2) is 48.5 Å². The third kappa shape index (κ3) is 4.56. The van der Waals surface area contributed by atoms with E-state index in [2.05, 4.69) is 10.6 Å². The van der Waals surface area contributed by atoms with Crippen LogP contribution in [0.2, 0.25) is 0 Å². The molecule has 0 fully saturated rings. The highest BCUT2D eigenvalue weighted by Gasteiger charge is 2.36. The normalized spacial score (nSPS) is 10.9. The first-order chi connectivity index (χ1) is 11.8. The summed E-state index contributed by atoms with van der Waals surface area (Å²) in [6.45, 7) is 3.31. The molecule has 0 atom stereocenters. The lowest BCUT2D eigenvalue weighted by Gasteiger charge is -2.23. The van der Waals surface area contributed by atoms with E-state index in [1.165, 1.54) is 38.1 Å². The summed E-state index contributed by atoms with van der Waals surface area (Å²) in [4.78, 5) is 24.9. The summed E-state index contributed by atoms with van der Waals surface area (Å²) < 4.78 is 18.2. The highest BCUT2D eigenvalue weighted by atomic mass is 19.1. The Kier molecular flexibility index (Phi) is 5.75. The fourth-order valence-electron chi connectivity index (χ4n) is 2.17. The van der Waals surface area contributed by atoms with Crippen LogP contribution in [0.5, 0.6) is 5.75 Å². The van der Waals surface area contributed by atoms with Crippen molar-refractivity contribution in [3.8, 4) is 5.75 Å². The topological polar surface area (TPSA) is 67.4 Å². The van der Waals surface area contributed by atoms with Crippen LogP contribution >= 0.6 is 0 Å². The summed E-state index contributed by atoms with van der Waals surface area (Å²) in [5.41, 5.74) is -0.0544. The van der Waals surface area contributed by atoms with Crippen molar-refractivity contribution in [3.05, 3.63) is 59.9 Å². The molecule has 0 spiro atoms. The third-order valence-corrected chi connectivity index (χ3v) is 3.87. The second-order valence-corrected chi connectivity index (χ2v) is 6.08. The Morgan fingerprint density at radius 1 is 1.04 bits per heavy atom.